The lowest BCUT2D eigenvalue weighted by Crippen LogP contribution is -2.44. The molecule has 10 heavy (non-hydrogen) atoms. The molecule has 0 spiro atoms. The van der Waals surface area contributed by atoms with Gasteiger partial charge >= 0.3 is 18.3 Å². The van der Waals surface area contributed by atoms with Crippen molar-refractivity contribution >= 4 is 0 Å². The van der Waals surface area contributed by atoms with Gasteiger partial charge in [-0.15, -0.1) is 0 Å². The molecule has 0 rings (SSSR count). The molecule has 0 aliphatic heterocycles. The van der Waals surface area contributed by atoms with E-state index in [1.807, 2.05) is 0 Å². The van der Waals surface area contributed by atoms with E-state index in [1.54, 1.807) is 6.92 Å². The number of rotatable bonds is 2. The molecular weight excluding hydrogens is 162 g/mol. The zero-order valence-electron chi connectivity index (χ0n) is 4.55. The van der Waals surface area contributed by atoms with Gasteiger partial charge in [-0.25, -0.2) is 8.78 Å². The molecule has 0 fully saturated rings. The van der Waals surface area contributed by atoms with Gasteiger partial charge in [-0.05, 0) is 0 Å². The van der Waals surface area contributed by atoms with Crippen molar-refractivity contribution < 1.29 is 26.3 Å². The Morgan fingerprint density at radius 2 is 1.30 bits per heavy atom. The molecule has 0 aromatic carbocycles. The van der Waals surface area contributed by atoms with E-state index in [0.29, 0.717) is 0 Å². The normalized spacial score (nSPS) is 14.4. The standard InChI is InChI=1S/C4H3F6/c1-3(7,8)4(9,10)2(5)6/h2H,1H2. The van der Waals surface area contributed by atoms with Crippen LogP contribution >= 0.6 is 0 Å². The molecule has 0 aliphatic rings. The van der Waals surface area contributed by atoms with Crippen molar-refractivity contribution in [1.29, 1.82) is 0 Å². The molecule has 1 radical (unpaired) electrons. The minimum Gasteiger partial charge on any atom is -0.203 e. The minimum atomic E-state index is -5.34. The summed E-state index contributed by atoms with van der Waals surface area (Å²) in [6.07, 6.45) is -4.39. The van der Waals surface area contributed by atoms with Gasteiger partial charge < -0.3 is 0 Å². The number of halogens is 6. The lowest BCUT2D eigenvalue weighted by atomic mass is 10.2. The highest BCUT2D eigenvalue weighted by atomic mass is 19.3. The molecule has 0 unspecified atom stereocenters. The van der Waals surface area contributed by atoms with Crippen molar-refractivity contribution in [3.05, 3.63) is 6.92 Å². The fraction of sp³-hybridized carbons (Fsp3) is 0.750. The average molecular weight is 165 g/mol. The third kappa shape index (κ3) is 1.54. The largest absolute Gasteiger partial charge is 0.369 e. The lowest BCUT2D eigenvalue weighted by molar-refractivity contribution is -0.243. The Labute approximate surface area is 52.8 Å². The van der Waals surface area contributed by atoms with Crippen LogP contribution in [0.1, 0.15) is 0 Å². The predicted molar refractivity (Wildman–Crippen MR) is 21.3 cm³/mol. The lowest BCUT2D eigenvalue weighted by Gasteiger charge is -2.21. The monoisotopic (exact) mass is 165 g/mol. The number of hydrogen-bond donors (Lipinski definition) is 0. The summed E-state index contributed by atoms with van der Waals surface area (Å²) in [4.78, 5) is 0. The molecule has 0 bridgehead atoms. The molecule has 0 aliphatic carbocycles. The van der Waals surface area contributed by atoms with Crippen LogP contribution in [-0.4, -0.2) is 18.3 Å². The van der Waals surface area contributed by atoms with Crippen molar-refractivity contribution in [2.24, 2.45) is 0 Å². The van der Waals surface area contributed by atoms with E-state index in [0.717, 1.165) is 0 Å². The van der Waals surface area contributed by atoms with Crippen LogP contribution in [0.25, 0.3) is 0 Å². The fourth-order valence-corrected chi connectivity index (χ4v) is 0.160. The molecular formula is C4H3F6. The highest BCUT2D eigenvalue weighted by molar-refractivity contribution is 4.88. The first-order valence-corrected chi connectivity index (χ1v) is 2.08. The van der Waals surface area contributed by atoms with Gasteiger partial charge in [0, 0.05) is 6.92 Å². The van der Waals surface area contributed by atoms with Gasteiger partial charge in [-0.2, -0.15) is 17.6 Å². The van der Waals surface area contributed by atoms with Gasteiger partial charge in [0.25, 0.3) is 0 Å². The number of hydrogen-bond acceptors (Lipinski definition) is 0. The molecule has 0 heterocycles. The van der Waals surface area contributed by atoms with Crippen LogP contribution in [0.5, 0.6) is 0 Å². The fourth-order valence-electron chi connectivity index (χ4n) is 0.160. The molecule has 0 nitrogen and oxygen atoms in total. The van der Waals surface area contributed by atoms with Crippen molar-refractivity contribution in [3.63, 3.8) is 0 Å². The van der Waals surface area contributed by atoms with Crippen LogP contribution in [0.15, 0.2) is 0 Å². The van der Waals surface area contributed by atoms with Crippen LogP contribution in [0.2, 0.25) is 0 Å². The average Bonchev–Trinajstić information content (AvgIpc) is 1.62. The first-order chi connectivity index (χ1) is 4.19. The van der Waals surface area contributed by atoms with E-state index in [9.17, 15) is 26.3 Å². The highest BCUT2D eigenvalue weighted by Crippen LogP contribution is 2.37. The summed E-state index contributed by atoms with van der Waals surface area (Å²) in [5.74, 6) is -10.3. The van der Waals surface area contributed by atoms with Crippen LogP contribution in [0, 0.1) is 6.92 Å². The quantitative estimate of drug-likeness (QED) is 0.551. The molecule has 0 amide bonds. The molecule has 0 saturated carbocycles. The molecule has 0 N–H and O–H groups in total. The van der Waals surface area contributed by atoms with E-state index >= 15 is 0 Å². The maximum Gasteiger partial charge on any atom is 0.369 e. The maximum absolute atomic E-state index is 11.5. The Bertz CT molecular complexity index is 111. The summed E-state index contributed by atoms with van der Waals surface area (Å²) in [5, 5.41) is 0. The summed E-state index contributed by atoms with van der Waals surface area (Å²) in [7, 11) is 0. The molecule has 0 aromatic heterocycles. The Balaban J connectivity index is 4.40. The smallest absolute Gasteiger partial charge is 0.203 e. The van der Waals surface area contributed by atoms with Gasteiger partial charge in [-0.3, -0.25) is 0 Å². The van der Waals surface area contributed by atoms with E-state index in [1.165, 1.54) is 0 Å². The van der Waals surface area contributed by atoms with Crippen molar-refractivity contribution in [1.82, 2.24) is 0 Å². The third-order valence-corrected chi connectivity index (χ3v) is 0.762. The summed E-state index contributed by atoms with van der Waals surface area (Å²) in [6.45, 7) is 1.60. The Morgan fingerprint density at radius 3 is 1.30 bits per heavy atom. The minimum absolute atomic E-state index is 1.60. The summed E-state index contributed by atoms with van der Waals surface area (Å²) >= 11 is 0. The second-order valence-electron chi connectivity index (χ2n) is 1.63. The molecule has 6 heteroatoms. The van der Waals surface area contributed by atoms with Crippen molar-refractivity contribution in [3.8, 4) is 0 Å². The van der Waals surface area contributed by atoms with Crippen LogP contribution in [-0.2, 0) is 0 Å². The third-order valence-electron chi connectivity index (χ3n) is 0.762. The zero-order chi connectivity index (χ0) is 8.58. The van der Waals surface area contributed by atoms with E-state index in [-0.39, 0.29) is 0 Å². The van der Waals surface area contributed by atoms with Crippen LogP contribution in [0.4, 0.5) is 26.3 Å². The van der Waals surface area contributed by atoms with Crippen LogP contribution < -0.4 is 0 Å². The topological polar surface area (TPSA) is 0 Å². The van der Waals surface area contributed by atoms with Gasteiger partial charge in [0.2, 0.25) is 0 Å². The molecule has 0 aromatic rings. The Morgan fingerprint density at radius 1 is 1.00 bits per heavy atom. The second kappa shape index (κ2) is 2.32. The van der Waals surface area contributed by atoms with Gasteiger partial charge in [0.05, 0.1) is 0 Å². The first-order valence-electron chi connectivity index (χ1n) is 2.08. The molecule has 0 saturated heterocycles. The highest BCUT2D eigenvalue weighted by Gasteiger charge is 2.59. The summed E-state index contributed by atoms with van der Waals surface area (Å²) in [6, 6.07) is 0. The van der Waals surface area contributed by atoms with Crippen molar-refractivity contribution in [2.75, 3.05) is 0 Å². The Hall–Kier alpha value is -0.420. The molecule has 0 atom stereocenters. The van der Waals surface area contributed by atoms with Gasteiger partial charge in [-0.1, -0.05) is 0 Å². The van der Waals surface area contributed by atoms with Gasteiger partial charge in [0.15, 0.2) is 0 Å². The van der Waals surface area contributed by atoms with Crippen molar-refractivity contribution in [2.45, 2.75) is 18.3 Å². The SMILES string of the molecule is [CH2]C(F)(F)C(F)(F)C(F)F. The second-order valence-corrected chi connectivity index (χ2v) is 1.63. The van der Waals surface area contributed by atoms with Gasteiger partial charge in [0.1, 0.15) is 0 Å². The van der Waals surface area contributed by atoms with E-state index in [4.69, 9.17) is 0 Å². The van der Waals surface area contributed by atoms with E-state index in [2.05, 4.69) is 0 Å². The summed E-state index contributed by atoms with van der Waals surface area (Å²) < 4.78 is 67.9. The predicted octanol–water partition coefficient (Wildman–Crippen LogP) is 2.36. The van der Waals surface area contributed by atoms with E-state index < -0.39 is 18.3 Å². The Kier molecular flexibility index (Phi) is 2.22. The number of alkyl halides is 6. The van der Waals surface area contributed by atoms with Crippen LogP contribution in [0.3, 0.4) is 0 Å². The maximum atomic E-state index is 11.5. The molecule has 61 valence electrons. The first kappa shape index (κ1) is 9.58. The summed E-state index contributed by atoms with van der Waals surface area (Å²) in [5.41, 5.74) is 0. The zero-order valence-corrected chi connectivity index (χ0v) is 4.55.